The Kier molecular flexibility index (Phi) is 5.03. The number of thiazole rings is 1. The number of aromatic nitrogens is 1. The molecule has 0 saturated carbocycles. The summed E-state index contributed by atoms with van der Waals surface area (Å²) in [7, 11) is 0. The van der Waals surface area contributed by atoms with Gasteiger partial charge in [-0.05, 0) is 48.0 Å². The van der Waals surface area contributed by atoms with Gasteiger partial charge in [0.05, 0.1) is 11.2 Å². The van der Waals surface area contributed by atoms with Crippen LogP contribution in [-0.2, 0) is 6.61 Å². The number of carbonyl (C=O) groups is 1. The molecule has 0 fully saturated rings. The lowest BCUT2D eigenvalue weighted by Gasteiger charge is -2.04. The fourth-order valence-corrected chi connectivity index (χ4v) is 2.58. The Morgan fingerprint density at radius 2 is 1.88 bits per heavy atom. The number of hydrogen-bond acceptors (Lipinski definition) is 5. The average Bonchev–Trinajstić information content (AvgIpc) is 3.13. The quantitative estimate of drug-likeness (QED) is 0.537. The van der Waals surface area contributed by atoms with Crippen molar-refractivity contribution >= 4 is 23.2 Å². The van der Waals surface area contributed by atoms with Gasteiger partial charge in [-0.2, -0.15) is 0 Å². The number of phenols is 1. The van der Waals surface area contributed by atoms with Gasteiger partial charge in [0.1, 0.15) is 18.1 Å². The van der Waals surface area contributed by atoms with E-state index < -0.39 is 0 Å². The molecule has 5 heteroatoms. The molecule has 120 valence electrons. The zero-order valence-electron chi connectivity index (χ0n) is 12.8. The van der Waals surface area contributed by atoms with E-state index in [4.69, 9.17) is 4.74 Å². The molecule has 1 aromatic heterocycles. The Balaban J connectivity index is 1.59. The number of nitrogens with zero attached hydrogens (tertiary/aromatic N) is 1. The summed E-state index contributed by atoms with van der Waals surface area (Å²) in [6.07, 6.45) is 3.26. The molecular weight excluding hydrogens is 322 g/mol. The van der Waals surface area contributed by atoms with Crippen molar-refractivity contribution in [2.75, 3.05) is 0 Å². The highest BCUT2D eigenvalue weighted by Crippen LogP contribution is 2.16. The van der Waals surface area contributed by atoms with Crippen molar-refractivity contribution in [2.45, 2.75) is 6.61 Å². The first-order chi connectivity index (χ1) is 11.7. The fraction of sp³-hybridized carbons (Fsp3) is 0.0526. The third-order valence-corrected chi connectivity index (χ3v) is 3.96. The standard InChI is InChI=1S/C19H15NO3S/c21-17-6-4-15(5-7-17)19(22)10-3-14-1-8-18(9-2-14)23-11-16-12-24-13-20-16/h1-10,12-13,21H,11H2/b10-3+. The van der Waals surface area contributed by atoms with E-state index in [2.05, 4.69) is 4.98 Å². The number of phenolic OH excluding ortho intramolecular Hbond substituents is 1. The maximum Gasteiger partial charge on any atom is 0.185 e. The second-order valence-corrected chi connectivity index (χ2v) is 5.80. The van der Waals surface area contributed by atoms with Gasteiger partial charge in [-0.25, -0.2) is 4.98 Å². The summed E-state index contributed by atoms with van der Waals surface area (Å²) >= 11 is 1.54. The molecular formula is C19H15NO3S. The molecule has 0 amide bonds. The van der Waals surface area contributed by atoms with Crippen LogP contribution in [0.3, 0.4) is 0 Å². The van der Waals surface area contributed by atoms with Crippen molar-refractivity contribution in [1.82, 2.24) is 4.98 Å². The summed E-state index contributed by atoms with van der Waals surface area (Å²) in [6.45, 7) is 0.442. The van der Waals surface area contributed by atoms with Crippen LogP contribution < -0.4 is 4.74 Å². The lowest BCUT2D eigenvalue weighted by atomic mass is 10.1. The smallest absolute Gasteiger partial charge is 0.185 e. The van der Waals surface area contributed by atoms with Crippen LogP contribution in [0.1, 0.15) is 21.6 Å². The van der Waals surface area contributed by atoms with Gasteiger partial charge < -0.3 is 9.84 Å². The molecule has 1 heterocycles. The number of benzene rings is 2. The lowest BCUT2D eigenvalue weighted by molar-refractivity contribution is 0.104. The van der Waals surface area contributed by atoms with Crippen LogP contribution in [0.5, 0.6) is 11.5 Å². The van der Waals surface area contributed by atoms with Gasteiger partial charge in [-0.3, -0.25) is 4.79 Å². The number of ketones is 1. The maximum absolute atomic E-state index is 12.0. The van der Waals surface area contributed by atoms with E-state index in [1.165, 1.54) is 29.5 Å². The molecule has 1 N–H and O–H groups in total. The van der Waals surface area contributed by atoms with Crippen molar-refractivity contribution < 1.29 is 14.6 Å². The minimum Gasteiger partial charge on any atom is -0.508 e. The summed E-state index contributed by atoms with van der Waals surface area (Å²) in [4.78, 5) is 16.2. The third-order valence-electron chi connectivity index (χ3n) is 3.33. The highest BCUT2D eigenvalue weighted by atomic mass is 32.1. The molecule has 0 aliphatic rings. The summed E-state index contributed by atoms with van der Waals surface area (Å²) < 4.78 is 5.64. The van der Waals surface area contributed by atoms with Crippen LogP contribution >= 0.6 is 11.3 Å². The van der Waals surface area contributed by atoms with Crippen LogP contribution in [0.4, 0.5) is 0 Å². The summed E-state index contributed by atoms with van der Waals surface area (Å²) in [5.74, 6) is 0.785. The summed E-state index contributed by atoms with van der Waals surface area (Å²) in [6, 6.07) is 13.7. The molecule has 0 atom stereocenters. The molecule has 3 rings (SSSR count). The number of rotatable bonds is 6. The number of ether oxygens (including phenoxy) is 1. The van der Waals surface area contributed by atoms with Gasteiger partial charge in [0.25, 0.3) is 0 Å². The monoisotopic (exact) mass is 337 g/mol. The molecule has 0 radical (unpaired) electrons. The first-order valence-corrected chi connectivity index (χ1v) is 8.26. The highest BCUT2D eigenvalue weighted by Gasteiger charge is 2.01. The topological polar surface area (TPSA) is 59.4 Å². The molecule has 0 bridgehead atoms. The predicted octanol–water partition coefficient (Wildman–Crippen LogP) is 4.32. The SMILES string of the molecule is O=C(/C=C/c1ccc(OCc2cscn2)cc1)c1ccc(O)cc1. The number of allylic oxidation sites excluding steroid dienone is 1. The van der Waals surface area contributed by atoms with Crippen LogP contribution in [0.2, 0.25) is 0 Å². The van der Waals surface area contributed by atoms with Crippen LogP contribution in [0.15, 0.2) is 65.5 Å². The first-order valence-electron chi connectivity index (χ1n) is 7.32. The van der Waals surface area contributed by atoms with E-state index in [0.717, 1.165) is 17.0 Å². The van der Waals surface area contributed by atoms with Gasteiger partial charge in [-0.15, -0.1) is 11.3 Å². The largest absolute Gasteiger partial charge is 0.508 e. The lowest BCUT2D eigenvalue weighted by Crippen LogP contribution is -1.95. The molecule has 24 heavy (non-hydrogen) atoms. The van der Waals surface area contributed by atoms with Gasteiger partial charge in [0.2, 0.25) is 0 Å². The minimum atomic E-state index is -0.112. The van der Waals surface area contributed by atoms with Crippen molar-refractivity contribution in [3.05, 3.63) is 82.3 Å². The Morgan fingerprint density at radius 3 is 2.54 bits per heavy atom. The van der Waals surface area contributed by atoms with E-state index in [1.807, 2.05) is 29.6 Å². The number of aromatic hydroxyl groups is 1. The molecule has 2 aromatic carbocycles. The molecule has 0 aliphatic carbocycles. The number of carbonyl (C=O) groups excluding carboxylic acids is 1. The van der Waals surface area contributed by atoms with Crippen molar-refractivity contribution in [3.8, 4) is 11.5 Å². The molecule has 3 aromatic rings. The summed E-state index contributed by atoms with van der Waals surface area (Å²) in [5.41, 5.74) is 4.12. The Bertz CT molecular complexity index is 822. The van der Waals surface area contributed by atoms with Gasteiger partial charge in [0, 0.05) is 10.9 Å². The maximum atomic E-state index is 12.0. The van der Waals surface area contributed by atoms with Crippen molar-refractivity contribution in [3.63, 3.8) is 0 Å². The second-order valence-electron chi connectivity index (χ2n) is 5.08. The average molecular weight is 337 g/mol. The molecule has 0 spiro atoms. The third kappa shape index (κ3) is 4.30. The van der Waals surface area contributed by atoms with E-state index >= 15 is 0 Å². The normalized spacial score (nSPS) is 10.8. The minimum absolute atomic E-state index is 0.112. The van der Waals surface area contributed by atoms with E-state index in [-0.39, 0.29) is 11.5 Å². The Hall–Kier alpha value is -2.92. The van der Waals surface area contributed by atoms with E-state index in [1.54, 1.807) is 23.7 Å². The molecule has 0 saturated heterocycles. The van der Waals surface area contributed by atoms with E-state index in [0.29, 0.717) is 12.2 Å². The van der Waals surface area contributed by atoms with Crippen LogP contribution in [-0.4, -0.2) is 15.9 Å². The fourth-order valence-electron chi connectivity index (χ4n) is 2.04. The van der Waals surface area contributed by atoms with Crippen molar-refractivity contribution in [1.29, 1.82) is 0 Å². The number of hydrogen-bond donors (Lipinski definition) is 1. The van der Waals surface area contributed by atoms with Gasteiger partial charge >= 0.3 is 0 Å². The van der Waals surface area contributed by atoms with Crippen molar-refractivity contribution in [2.24, 2.45) is 0 Å². The zero-order valence-corrected chi connectivity index (χ0v) is 13.6. The Labute approximate surface area is 143 Å². The van der Waals surface area contributed by atoms with Gasteiger partial charge in [-0.1, -0.05) is 18.2 Å². The van der Waals surface area contributed by atoms with Crippen LogP contribution in [0, 0.1) is 0 Å². The summed E-state index contributed by atoms with van der Waals surface area (Å²) in [5, 5.41) is 11.2. The first kappa shape index (κ1) is 16.0. The highest BCUT2D eigenvalue weighted by molar-refractivity contribution is 7.07. The molecule has 4 nitrogen and oxygen atoms in total. The zero-order chi connectivity index (χ0) is 16.8. The predicted molar refractivity (Wildman–Crippen MR) is 94.4 cm³/mol. The Morgan fingerprint density at radius 1 is 1.12 bits per heavy atom. The van der Waals surface area contributed by atoms with Gasteiger partial charge in [0.15, 0.2) is 5.78 Å². The van der Waals surface area contributed by atoms with E-state index in [9.17, 15) is 9.90 Å². The molecule has 0 unspecified atom stereocenters. The second kappa shape index (κ2) is 7.57. The van der Waals surface area contributed by atoms with Crippen LogP contribution in [0.25, 0.3) is 6.08 Å². The molecule has 0 aliphatic heterocycles.